The van der Waals surface area contributed by atoms with Crippen LogP contribution in [-0.2, 0) is 17.9 Å². The predicted octanol–water partition coefficient (Wildman–Crippen LogP) is 2.40. The minimum atomic E-state index is -0.463. The van der Waals surface area contributed by atoms with E-state index >= 15 is 0 Å². The van der Waals surface area contributed by atoms with E-state index in [-0.39, 0.29) is 12.4 Å². The van der Waals surface area contributed by atoms with Gasteiger partial charge in [0.2, 0.25) is 0 Å². The summed E-state index contributed by atoms with van der Waals surface area (Å²) in [6, 6.07) is 16.6. The van der Waals surface area contributed by atoms with Gasteiger partial charge < -0.3 is 15.8 Å². The number of carbonyl (C=O) groups is 1. The van der Waals surface area contributed by atoms with Crippen LogP contribution in [0.5, 0.6) is 0 Å². The number of nitrogen functional groups attached to an aromatic ring is 1. The fourth-order valence-corrected chi connectivity index (χ4v) is 1.75. The molecule has 5 heteroatoms. The Morgan fingerprint density at radius 3 is 2.33 bits per heavy atom. The summed E-state index contributed by atoms with van der Waals surface area (Å²) in [5, 5.41) is 9.97. The van der Waals surface area contributed by atoms with Crippen LogP contribution < -0.4 is 11.1 Å². The Kier molecular flexibility index (Phi) is 4.93. The second-order valence-corrected chi connectivity index (χ2v) is 4.53. The van der Waals surface area contributed by atoms with Crippen LogP contribution in [0.15, 0.2) is 54.6 Å². The van der Waals surface area contributed by atoms with Crippen molar-refractivity contribution < 1.29 is 9.53 Å². The lowest BCUT2D eigenvalue weighted by Gasteiger charge is -2.07. The molecule has 0 aliphatic heterocycles. The first-order valence-corrected chi connectivity index (χ1v) is 6.53. The van der Waals surface area contributed by atoms with E-state index in [1.807, 2.05) is 42.5 Å². The van der Waals surface area contributed by atoms with Gasteiger partial charge in [-0.15, -0.1) is 0 Å². The first kappa shape index (κ1) is 14.6. The van der Waals surface area contributed by atoms with Gasteiger partial charge in [0.25, 0.3) is 0 Å². The van der Waals surface area contributed by atoms with E-state index in [4.69, 9.17) is 15.9 Å². The molecule has 1 amide bonds. The SMILES string of the molecule is N=C(N)c1ccc(CNC(=O)OCc2ccccc2)cc1. The van der Waals surface area contributed by atoms with Crippen LogP contribution in [0.1, 0.15) is 16.7 Å². The molecule has 0 unspecified atom stereocenters. The lowest BCUT2D eigenvalue weighted by Crippen LogP contribution is -2.23. The Morgan fingerprint density at radius 1 is 1.05 bits per heavy atom. The topological polar surface area (TPSA) is 88.2 Å². The number of amides is 1. The van der Waals surface area contributed by atoms with Gasteiger partial charge in [0.1, 0.15) is 12.4 Å². The van der Waals surface area contributed by atoms with Crippen molar-refractivity contribution >= 4 is 11.9 Å². The van der Waals surface area contributed by atoms with E-state index < -0.39 is 6.09 Å². The highest BCUT2D eigenvalue weighted by molar-refractivity contribution is 5.94. The summed E-state index contributed by atoms with van der Waals surface area (Å²) in [6.45, 7) is 0.613. The molecule has 0 atom stereocenters. The smallest absolute Gasteiger partial charge is 0.407 e. The van der Waals surface area contributed by atoms with Gasteiger partial charge in [0, 0.05) is 12.1 Å². The van der Waals surface area contributed by atoms with E-state index in [2.05, 4.69) is 5.32 Å². The molecule has 2 rings (SSSR count). The molecule has 0 saturated carbocycles. The number of alkyl carbamates (subject to hydrolysis) is 1. The maximum Gasteiger partial charge on any atom is 0.407 e. The van der Waals surface area contributed by atoms with E-state index in [1.165, 1.54) is 0 Å². The Balaban J connectivity index is 1.77. The first-order chi connectivity index (χ1) is 10.1. The van der Waals surface area contributed by atoms with Crippen LogP contribution in [0.2, 0.25) is 0 Å². The van der Waals surface area contributed by atoms with E-state index in [1.54, 1.807) is 12.1 Å². The first-order valence-electron chi connectivity index (χ1n) is 6.53. The normalized spacial score (nSPS) is 9.90. The summed E-state index contributed by atoms with van der Waals surface area (Å²) >= 11 is 0. The lowest BCUT2D eigenvalue weighted by molar-refractivity contribution is 0.139. The molecular weight excluding hydrogens is 266 g/mol. The van der Waals surface area contributed by atoms with Crippen LogP contribution in [0.25, 0.3) is 0 Å². The summed E-state index contributed by atoms with van der Waals surface area (Å²) < 4.78 is 5.11. The molecule has 0 bridgehead atoms. The number of rotatable bonds is 5. The van der Waals surface area contributed by atoms with Crippen molar-refractivity contribution in [3.05, 3.63) is 71.3 Å². The van der Waals surface area contributed by atoms with Crippen molar-refractivity contribution in [2.75, 3.05) is 0 Å². The van der Waals surface area contributed by atoms with Crippen LogP contribution in [0, 0.1) is 5.41 Å². The number of hydrogen-bond acceptors (Lipinski definition) is 3. The minimum absolute atomic E-state index is 0.0248. The number of nitrogens with two attached hydrogens (primary N) is 1. The third kappa shape index (κ3) is 4.65. The Hall–Kier alpha value is -2.82. The van der Waals surface area contributed by atoms with Gasteiger partial charge in [0.15, 0.2) is 0 Å². The van der Waals surface area contributed by atoms with Gasteiger partial charge in [-0.3, -0.25) is 5.41 Å². The van der Waals surface area contributed by atoms with Crippen LogP contribution in [0.4, 0.5) is 4.79 Å². The van der Waals surface area contributed by atoms with E-state index in [0.717, 1.165) is 11.1 Å². The molecule has 0 heterocycles. The third-order valence-corrected chi connectivity index (χ3v) is 2.91. The van der Waals surface area contributed by atoms with Gasteiger partial charge in [0.05, 0.1) is 0 Å². The molecular formula is C16H17N3O2. The molecule has 2 aromatic carbocycles. The largest absolute Gasteiger partial charge is 0.445 e. The van der Waals surface area contributed by atoms with Crippen LogP contribution in [-0.4, -0.2) is 11.9 Å². The fraction of sp³-hybridized carbons (Fsp3) is 0.125. The molecule has 0 fully saturated rings. The molecule has 5 nitrogen and oxygen atoms in total. The van der Waals surface area contributed by atoms with E-state index in [9.17, 15) is 4.79 Å². The Bertz CT molecular complexity index is 609. The Morgan fingerprint density at radius 2 is 1.71 bits per heavy atom. The van der Waals surface area contributed by atoms with Gasteiger partial charge in [-0.05, 0) is 11.1 Å². The molecule has 4 N–H and O–H groups in total. The number of hydrogen-bond donors (Lipinski definition) is 3. The lowest BCUT2D eigenvalue weighted by atomic mass is 10.1. The van der Waals surface area contributed by atoms with Crippen molar-refractivity contribution in [2.24, 2.45) is 5.73 Å². The highest BCUT2D eigenvalue weighted by Gasteiger charge is 2.03. The molecule has 0 aliphatic rings. The standard InChI is InChI=1S/C16H17N3O2/c17-15(18)14-8-6-12(7-9-14)10-19-16(20)21-11-13-4-2-1-3-5-13/h1-9H,10-11H2,(H3,17,18)(H,19,20). The zero-order valence-corrected chi connectivity index (χ0v) is 11.5. The average molecular weight is 283 g/mol. The van der Waals surface area contributed by atoms with Gasteiger partial charge in [-0.2, -0.15) is 0 Å². The fourth-order valence-electron chi connectivity index (χ4n) is 1.75. The molecule has 21 heavy (non-hydrogen) atoms. The van der Waals surface area contributed by atoms with Crippen LogP contribution >= 0.6 is 0 Å². The molecule has 0 aromatic heterocycles. The molecule has 108 valence electrons. The predicted molar refractivity (Wildman–Crippen MR) is 80.9 cm³/mol. The molecule has 0 radical (unpaired) electrons. The van der Waals surface area contributed by atoms with Crippen molar-refractivity contribution in [2.45, 2.75) is 13.2 Å². The monoisotopic (exact) mass is 283 g/mol. The maximum atomic E-state index is 11.6. The zero-order chi connectivity index (χ0) is 15.1. The second kappa shape index (κ2) is 7.09. The highest BCUT2D eigenvalue weighted by Crippen LogP contribution is 2.04. The summed E-state index contributed by atoms with van der Waals surface area (Å²) in [6.07, 6.45) is -0.463. The molecule has 2 aromatic rings. The minimum Gasteiger partial charge on any atom is -0.445 e. The summed E-state index contributed by atoms with van der Waals surface area (Å²) in [4.78, 5) is 11.6. The number of benzene rings is 2. The third-order valence-electron chi connectivity index (χ3n) is 2.91. The molecule has 0 saturated heterocycles. The average Bonchev–Trinajstić information content (AvgIpc) is 2.52. The van der Waals surface area contributed by atoms with Crippen molar-refractivity contribution in [3.63, 3.8) is 0 Å². The van der Waals surface area contributed by atoms with Gasteiger partial charge >= 0.3 is 6.09 Å². The van der Waals surface area contributed by atoms with Gasteiger partial charge in [-0.1, -0.05) is 54.6 Å². The molecule has 0 aliphatic carbocycles. The van der Waals surface area contributed by atoms with Crippen molar-refractivity contribution in [3.8, 4) is 0 Å². The summed E-state index contributed by atoms with van der Waals surface area (Å²) in [5.74, 6) is 0.0248. The van der Waals surface area contributed by atoms with Crippen molar-refractivity contribution in [1.29, 1.82) is 5.41 Å². The number of ether oxygens (including phenoxy) is 1. The van der Waals surface area contributed by atoms with Crippen molar-refractivity contribution in [1.82, 2.24) is 5.32 Å². The van der Waals surface area contributed by atoms with E-state index in [0.29, 0.717) is 12.1 Å². The van der Waals surface area contributed by atoms with Crippen LogP contribution in [0.3, 0.4) is 0 Å². The number of nitrogens with one attached hydrogen (secondary N) is 2. The highest BCUT2D eigenvalue weighted by atomic mass is 16.5. The second-order valence-electron chi connectivity index (χ2n) is 4.53. The zero-order valence-electron chi connectivity index (χ0n) is 11.5. The summed E-state index contributed by atoms with van der Waals surface area (Å²) in [5.41, 5.74) is 7.89. The molecule has 0 spiro atoms. The quantitative estimate of drug-likeness (QED) is 0.581. The Labute approximate surface area is 123 Å². The number of amidine groups is 1. The summed E-state index contributed by atoms with van der Waals surface area (Å²) in [7, 11) is 0. The van der Waals surface area contributed by atoms with Gasteiger partial charge in [-0.25, -0.2) is 4.79 Å². The number of carbonyl (C=O) groups excluding carboxylic acids is 1. The maximum absolute atomic E-state index is 11.6.